The molecule has 1 N–H and O–H groups in total. The third-order valence-corrected chi connectivity index (χ3v) is 4.39. The van der Waals surface area contributed by atoms with E-state index in [1.54, 1.807) is 6.33 Å². The highest BCUT2D eigenvalue weighted by Gasteiger charge is 2.52. The Labute approximate surface area is 107 Å². The minimum atomic E-state index is 0.398. The van der Waals surface area contributed by atoms with Crippen molar-refractivity contribution in [3.63, 3.8) is 0 Å². The molecule has 5 nitrogen and oxygen atoms in total. The van der Waals surface area contributed by atoms with E-state index in [9.17, 15) is 0 Å². The number of hydrogen-bond donors (Lipinski definition) is 1. The second-order valence-corrected chi connectivity index (χ2v) is 5.81. The van der Waals surface area contributed by atoms with E-state index >= 15 is 0 Å². The standard InChI is InChI=1S/C13H19N5/c1-8(2)13(4)6-10(13)16-11-5-12-17-14-7-18(12)9(3)15-11/h5,7-8,10,16H,6H2,1-4H3. The minimum Gasteiger partial charge on any atom is -0.367 e. The SMILES string of the molecule is Cc1nc(NC2CC2(C)C(C)C)cc2nncn12. The van der Waals surface area contributed by atoms with E-state index in [4.69, 9.17) is 0 Å². The van der Waals surface area contributed by atoms with Gasteiger partial charge in [0, 0.05) is 12.1 Å². The fourth-order valence-corrected chi connectivity index (χ4v) is 2.46. The van der Waals surface area contributed by atoms with E-state index in [0.29, 0.717) is 17.4 Å². The Morgan fingerprint density at radius 1 is 1.50 bits per heavy atom. The number of nitrogens with zero attached hydrogens (tertiary/aromatic N) is 4. The lowest BCUT2D eigenvalue weighted by Crippen LogP contribution is -2.17. The van der Waals surface area contributed by atoms with Crippen LogP contribution in [-0.4, -0.2) is 25.6 Å². The first-order valence-electron chi connectivity index (χ1n) is 6.44. The zero-order valence-corrected chi connectivity index (χ0v) is 11.3. The molecule has 3 rings (SSSR count). The summed E-state index contributed by atoms with van der Waals surface area (Å²) in [5.41, 5.74) is 1.24. The van der Waals surface area contributed by atoms with E-state index in [2.05, 4.69) is 41.3 Å². The van der Waals surface area contributed by atoms with Gasteiger partial charge in [-0.3, -0.25) is 4.40 Å². The van der Waals surface area contributed by atoms with E-state index in [0.717, 1.165) is 17.3 Å². The number of aromatic nitrogens is 4. The second kappa shape index (κ2) is 3.67. The predicted octanol–water partition coefficient (Wildman–Crippen LogP) is 2.28. The van der Waals surface area contributed by atoms with Gasteiger partial charge in [-0.2, -0.15) is 0 Å². The van der Waals surface area contributed by atoms with Gasteiger partial charge in [0.2, 0.25) is 0 Å². The Bertz CT molecular complexity index is 588. The van der Waals surface area contributed by atoms with Gasteiger partial charge in [-0.05, 0) is 24.7 Å². The van der Waals surface area contributed by atoms with Crippen molar-refractivity contribution in [2.24, 2.45) is 11.3 Å². The number of rotatable bonds is 3. The molecule has 1 aliphatic carbocycles. The fraction of sp³-hybridized carbons (Fsp3) is 0.615. The number of fused-ring (bicyclic) bond motifs is 1. The Hall–Kier alpha value is -1.65. The normalized spacial score (nSPS) is 26.8. The summed E-state index contributed by atoms with van der Waals surface area (Å²) in [6.07, 6.45) is 2.90. The van der Waals surface area contributed by atoms with Crippen LogP contribution in [0.3, 0.4) is 0 Å². The van der Waals surface area contributed by atoms with Crippen LogP contribution in [0.1, 0.15) is 33.0 Å². The van der Waals surface area contributed by atoms with Gasteiger partial charge in [-0.25, -0.2) is 4.98 Å². The van der Waals surface area contributed by atoms with Crippen LogP contribution in [0.2, 0.25) is 0 Å². The maximum atomic E-state index is 4.55. The number of hydrogen-bond acceptors (Lipinski definition) is 4. The molecule has 0 saturated heterocycles. The summed E-state index contributed by atoms with van der Waals surface area (Å²) in [6.45, 7) is 8.86. The number of aryl methyl sites for hydroxylation is 1. The molecule has 0 spiro atoms. The van der Waals surface area contributed by atoms with Crippen LogP contribution < -0.4 is 5.32 Å². The van der Waals surface area contributed by atoms with Gasteiger partial charge in [-0.15, -0.1) is 10.2 Å². The van der Waals surface area contributed by atoms with Crippen LogP contribution in [0.4, 0.5) is 5.82 Å². The monoisotopic (exact) mass is 245 g/mol. The maximum absolute atomic E-state index is 4.55. The first-order chi connectivity index (χ1) is 8.50. The molecule has 18 heavy (non-hydrogen) atoms. The van der Waals surface area contributed by atoms with Crippen molar-refractivity contribution in [1.29, 1.82) is 0 Å². The van der Waals surface area contributed by atoms with Gasteiger partial charge in [0.1, 0.15) is 18.0 Å². The fourth-order valence-electron chi connectivity index (χ4n) is 2.46. The van der Waals surface area contributed by atoms with Crippen LogP contribution in [0.5, 0.6) is 0 Å². The lowest BCUT2D eigenvalue weighted by atomic mass is 9.94. The summed E-state index contributed by atoms with van der Waals surface area (Å²) in [4.78, 5) is 4.55. The molecule has 2 aromatic heterocycles. The molecule has 0 aliphatic heterocycles. The summed E-state index contributed by atoms with van der Waals surface area (Å²) in [5, 5.41) is 11.5. The first kappa shape index (κ1) is 11.4. The molecule has 2 atom stereocenters. The molecule has 0 amide bonds. The summed E-state index contributed by atoms with van der Waals surface area (Å²) in [7, 11) is 0. The minimum absolute atomic E-state index is 0.398. The van der Waals surface area contributed by atoms with E-state index < -0.39 is 0 Å². The molecule has 0 aromatic carbocycles. The first-order valence-corrected chi connectivity index (χ1v) is 6.44. The molecule has 5 heteroatoms. The van der Waals surface area contributed by atoms with Crippen LogP contribution in [-0.2, 0) is 0 Å². The lowest BCUT2D eigenvalue weighted by molar-refractivity contribution is 0.387. The van der Waals surface area contributed by atoms with Crippen molar-refractivity contribution in [3.8, 4) is 0 Å². The molecule has 1 fully saturated rings. The van der Waals surface area contributed by atoms with Crippen LogP contribution in [0.15, 0.2) is 12.4 Å². The average Bonchev–Trinajstić information content (AvgIpc) is 2.75. The molecule has 96 valence electrons. The quantitative estimate of drug-likeness (QED) is 0.901. The third-order valence-electron chi connectivity index (χ3n) is 4.39. The van der Waals surface area contributed by atoms with Crippen molar-refractivity contribution < 1.29 is 0 Å². The summed E-state index contributed by atoms with van der Waals surface area (Å²) in [5.74, 6) is 2.50. The van der Waals surface area contributed by atoms with Crippen molar-refractivity contribution >= 4 is 11.5 Å². The smallest absolute Gasteiger partial charge is 0.165 e. The number of nitrogens with one attached hydrogen (secondary N) is 1. The maximum Gasteiger partial charge on any atom is 0.165 e. The zero-order chi connectivity index (χ0) is 12.9. The van der Waals surface area contributed by atoms with E-state index in [1.165, 1.54) is 6.42 Å². The van der Waals surface area contributed by atoms with Crippen molar-refractivity contribution in [2.45, 2.75) is 40.2 Å². The van der Waals surface area contributed by atoms with Crippen molar-refractivity contribution in [2.75, 3.05) is 5.32 Å². The molecule has 1 aliphatic rings. The second-order valence-electron chi connectivity index (χ2n) is 5.81. The highest BCUT2D eigenvalue weighted by molar-refractivity contribution is 5.51. The molecular formula is C13H19N5. The third kappa shape index (κ3) is 1.65. The van der Waals surface area contributed by atoms with Gasteiger partial charge in [0.05, 0.1) is 0 Å². The van der Waals surface area contributed by atoms with Crippen molar-refractivity contribution in [1.82, 2.24) is 19.6 Å². The van der Waals surface area contributed by atoms with Gasteiger partial charge in [0.15, 0.2) is 5.65 Å². The topological polar surface area (TPSA) is 55.1 Å². The van der Waals surface area contributed by atoms with Crippen LogP contribution in [0.25, 0.3) is 5.65 Å². The summed E-state index contributed by atoms with van der Waals surface area (Å²) < 4.78 is 1.89. The number of anilines is 1. The van der Waals surface area contributed by atoms with Crippen molar-refractivity contribution in [3.05, 3.63) is 18.2 Å². The lowest BCUT2D eigenvalue weighted by Gasteiger charge is -2.16. The Morgan fingerprint density at radius 2 is 2.28 bits per heavy atom. The van der Waals surface area contributed by atoms with E-state index in [-0.39, 0.29) is 0 Å². The van der Waals surface area contributed by atoms with Gasteiger partial charge < -0.3 is 5.32 Å². The molecule has 0 bridgehead atoms. The Kier molecular flexibility index (Phi) is 2.33. The largest absolute Gasteiger partial charge is 0.367 e. The molecule has 2 aromatic rings. The zero-order valence-electron chi connectivity index (χ0n) is 11.3. The summed E-state index contributed by atoms with van der Waals surface area (Å²) in [6, 6.07) is 2.48. The van der Waals surface area contributed by atoms with Gasteiger partial charge >= 0.3 is 0 Å². The van der Waals surface area contributed by atoms with Crippen LogP contribution >= 0.6 is 0 Å². The Morgan fingerprint density at radius 3 is 2.94 bits per heavy atom. The molecular weight excluding hydrogens is 226 g/mol. The molecule has 2 unspecified atom stereocenters. The summed E-state index contributed by atoms with van der Waals surface area (Å²) >= 11 is 0. The van der Waals surface area contributed by atoms with Gasteiger partial charge in [-0.1, -0.05) is 20.8 Å². The van der Waals surface area contributed by atoms with Crippen LogP contribution in [0, 0.1) is 18.3 Å². The average molecular weight is 245 g/mol. The predicted molar refractivity (Wildman–Crippen MR) is 70.5 cm³/mol. The van der Waals surface area contributed by atoms with Gasteiger partial charge in [0.25, 0.3) is 0 Å². The van der Waals surface area contributed by atoms with E-state index in [1.807, 2.05) is 17.4 Å². The highest BCUT2D eigenvalue weighted by Crippen LogP contribution is 2.52. The molecule has 0 radical (unpaired) electrons. The highest BCUT2D eigenvalue weighted by atomic mass is 15.2. The Balaban J connectivity index is 1.84. The molecule has 1 saturated carbocycles. The molecule has 2 heterocycles.